The Morgan fingerprint density at radius 2 is 1.74 bits per heavy atom. The summed E-state index contributed by atoms with van der Waals surface area (Å²) in [4.78, 5) is 42.2. The number of benzene rings is 1. The van der Waals surface area contributed by atoms with Crippen LogP contribution in [0.15, 0.2) is 59.8 Å². The van der Waals surface area contributed by atoms with Gasteiger partial charge in [-0.1, -0.05) is 32.0 Å². The molecule has 1 amide bonds. The van der Waals surface area contributed by atoms with Gasteiger partial charge in [0.15, 0.2) is 0 Å². The number of hydrogen-bond acceptors (Lipinski definition) is 4. The third kappa shape index (κ3) is 6.44. The van der Waals surface area contributed by atoms with E-state index in [0.29, 0.717) is 12.0 Å². The van der Waals surface area contributed by atoms with Crippen molar-refractivity contribution in [3.8, 4) is 11.1 Å². The Morgan fingerprint density at radius 3 is 2.34 bits per heavy atom. The average Bonchev–Trinajstić information content (AvgIpc) is 2.77. The average molecular weight is 476 g/mol. The molecule has 1 unspecified atom stereocenters. The number of aliphatic carboxylic acids is 1. The fraction of sp³-hybridized carbons (Fsp3) is 0.357. The van der Waals surface area contributed by atoms with Gasteiger partial charge < -0.3 is 15.0 Å². The lowest BCUT2D eigenvalue weighted by atomic mass is 9.94. The van der Waals surface area contributed by atoms with Gasteiger partial charge in [-0.05, 0) is 73.1 Å². The number of pyridine rings is 2. The van der Waals surface area contributed by atoms with Crippen molar-refractivity contribution in [1.29, 1.82) is 0 Å². The van der Waals surface area contributed by atoms with Gasteiger partial charge in [0.1, 0.15) is 6.04 Å². The molecule has 0 aliphatic heterocycles. The molecule has 0 saturated carbocycles. The number of hydrogen-bond donors (Lipinski definition) is 2. The highest BCUT2D eigenvalue weighted by molar-refractivity contribution is 5.82. The fourth-order valence-corrected chi connectivity index (χ4v) is 4.39. The maximum atomic E-state index is 13.5. The van der Waals surface area contributed by atoms with E-state index in [4.69, 9.17) is 0 Å². The third-order valence-corrected chi connectivity index (χ3v) is 6.06. The number of nitrogens with one attached hydrogen (secondary N) is 1. The molecule has 0 radical (unpaired) electrons. The van der Waals surface area contributed by atoms with Gasteiger partial charge in [-0.25, -0.2) is 0 Å². The summed E-state index contributed by atoms with van der Waals surface area (Å²) in [6, 6.07) is 9.62. The van der Waals surface area contributed by atoms with Crippen LogP contribution >= 0.6 is 0 Å². The van der Waals surface area contributed by atoms with Crippen LogP contribution in [0.25, 0.3) is 11.1 Å². The molecule has 0 aliphatic rings. The van der Waals surface area contributed by atoms with Crippen molar-refractivity contribution in [2.75, 3.05) is 0 Å². The molecule has 35 heavy (non-hydrogen) atoms. The highest BCUT2D eigenvalue weighted by Crippen LogP contribution is 2.29. The van der Waals surface area contributed by atoms with E-state index in [2.05, 4.69) is 10.3 Å². The zero-order valence-corrected chi connectivity index (χ0v) is 20.9. The molecule has 2 heterocycles. The summed E-state index contributed by atoms with van der Waals surface area (Å²) in [5.74, 6) is -1.29. The van der Waals surface area contributed by atoms with Crippen LogP contribution in [0, 0.1) is 26.7 Å². The molecule has 184 valence electrons. The monoisotopic (exact) mass is 475 g/mol. The minimum Gasteiger partial charge on any atom is -0.481 e. The standard InChI is InChI=1S/C28H33N3O4/c1-17(2)11-24(31-10-9-18(3)12-25(31)32)28(35)30-23(14-26(33)34)21-13-22(16-29-15-21)27-19(4)7-6-8-20(27)5/h6-10,12-13,15-17,23-24H,11,14H2,1-5H3,(H,30,35)(H,33,34)/t23-,24?/m1/s1. The molecular weight excluding hydrogens is 442 g/mol. The summed E-state index contributed by atoms with van der Waals surface area (Å²) < 4.78 is 1.42. The summed E-state index contributed by atoms with van der Waals surface area (Å²) in [7, 11) is 0. The summed E-state index contributed by atoms with van der Waals surface area (Å²) in [5, 5.41) is 12.5. The van der Waals surface area contributed by atoms with Gasteiger partial charge in [0.25, 0.3) is 5.56 Å². The number of carbonyl (C=O) groups excluding carboxylic acids is 1. The van der Waals surface area contributed by atoms with Crippen LogP contribution in [-0.2, 0) is 9.59 Å². The first-order chi connectivity index (χ1) is 16.6. The van der Waals surface area contributed by atoms with Crippen LogP contribution in [-0.4, -0.2) is 26.5 Å². The van der Waals surface area contributed by atoms with Crippen molar-refractivity contribution in [2.24, 2.45) is 5.92 Å². The Kier molecular flexibility index (Phi) is 8.22. The predicted molar refractivity (Wildman–Crippen MR) is 136 cm³/mol. The molecule has 3 rings (SSSR count). The minimum absolute atomic E-state index is 0.144. The Labute approximate surface area is 205 Å². The molecule has 0 fully saturated rings. The molecule has 3 aromatic rings. The Hall–Kier alpha value is -3.74. The molecule has 2 atom stereocenters. The van der Waals surface area contributed by atoms with Crippen LogP contribution in [0.2, 0.25) is 0 Å². The second-order valence-electron chi connectivity index (χ2n) is 9.53. The first kappa shape index (κ1) is 25.9. The quantitative estimate of drug-likeness (QED) is 0.465. The zero-order valence-electron chi connectivity index (χ0n) is 20.9. The number of rotatable bonds is 9. The highest BCUT2D eigenvalue weighted by Gasteiger charge is 2.27. The van der Waals surface area contributed by atoms with Crippen LogP contribution in [0.3, 0.4) is 0 Å². The molecule has 2 N–H and O–H groups in total. The maximum absolute atomic E-state index is 13.5. The zero-order chi connectivity index (χ0) is 25.7. The summed E-state index contributed by atoms with van der Waals surface area (Å²) >= 11 is 0. The van der Waals surface area contributed by atoms with E-state index in [-0.39, 0.29) is 17.9 Å². The molecule has 0 spiro atoms. The second-order valence-corrected chi connectivity index (χ2v) is 9.53. The Balaban J connectivity index is 1.98. The van der Waals surface area contributed by atoms with Gasteiger partial charge in [0.2, 0.25) is 5.91 Å². The normalized spacial score (nSPS) is 12.9. The van der Waals surface area contributed by atoms with Crippen LogP contribution < -0.4 is 10.9 Å². The van der Waals surface area contributed by atoms with Crippen LogP contribution in [0.4, 0.5) is 0 Å². The number of nitrogens with zero attached hydrogens (tertiary/aromatic N) is 2. The minimum atomic E-state index is -1.04. The number of aromatic nitrogens is 2. The topological polar surface area (TPSA) is 101 Å². The highest BCUT2D eigenvalue weighted by atomic mass is 16.4. The molecule has 2 aromatic heterocycles. The molecule has 7 heteroatoms. The van der Waals surface area contributed by atoms with E-state index >= 15 is 0 Å². The van der Waals surface area contributed by atoms with E-state index in [0.717, 1.165) is 27.8 Å². The molecule has 0 bridgehead atoms. The number of carboxylic acids is 1. The van der Waals surface area contributed by atoms with E-state index in [9.17, 15) is 19.5 Å². The van der Waals surface area contributed by atoms with Gasteiger partial charge in [0.05, 0.1) is 12.5 Å². The number of amides is 1. The van der Waals surface area contributed by atoms with Gasteiger partial charge in [-0.2, -0.15) is 0 Å². The molecule has 1 aromatic carbocycles. The van der Waals surface area contributed by atoms with E-state index in [1.807, 2.05) is 58.9 Å². The first-order valence-electron chi connectivity index (χ1n) is 11.8. The molecular formula is C28H33N3O4. The summed E-state index contributed by atoms with van der Waals surface area (Å²) in [5.41, 5.74) is 5.20. The number of carboxylic acid groups (broad SMARTS) is 1. The predicted octanol–water partition coefficient (Wildman–Crippen LogP) is 4.75. The van der Waals surface area contributed by atoms with Crippen LogP contribution in [0.5, 0.6) is 0 Å². The lowest BCUT2D eigenvalue weighted by Gasteiger charge is -2.25. The Morgan fingerprint density at radius 1 is 1.06 bits per heavy atom. The first-order valence-corrected chi connectivity index (χ1v) is 11.8. The van der Waals surface area contributed by atoms with Crippen molar-refractivity contribution >= 4 is 11.9 Å². The van der Waals surface area contributed by atoms with Gasteiger partial charge in [-0.15, -0.1) is 0 Å². The number of aryl methyl sites for hydroxylation is 3. The fourth-order valence-electron chi connectivity index (χ4n) is 4.39. The van der Waals surface area contributed by atoms with E-state index in [1.165, 1.54) is 10.6 Å². The smallest absolute Gasteiger partial charge is 0.305 e. The molecule has 7 nitrogen and oxygen atoms in total. The third-order valence-electron chi connectivity index (χ3n) is 6.06. The number of carbonyl (C=O) groups is 2. The lowest BCUT2D eigenvalue weighted by molar-refractivity contribution is -0.138. The molecule has 0 aliphatic carbocycles. The van der Waals surface area contributed by atoms with Crippen LogP contribution in [0.1, 0.15) is 61.0 Å². The van der Waals surface area contributed by atoms with Crippen molar-refractivity contribution in [1.82, 2.24) is 14.9 Å². The molecule has 0 saturated heterocycles. The van der Waals surface area contributed by atoms with Gasteiger partial charge in [0, 0.05) is 30.2 Å². The van der Waals surface area contributed by atoms with Crippen molar-refractivity contribution < 1.29 is 14.7 Å². The maximum Gasteiger partial charge on any atom is 0.305 e. The van der Waals surface area contributed by atoms with E-state index < -0.39 is 24.0 Å². The second kappa shape index (κ2) is 11.1. The lowest BCUT2D eigenvalue weighted by Crippen LogP contribution is -2.40. The SMILES string of the molecule is Cc1ccn(C(CC(C)C)C(=O)N[C@H](CC(=O)O)c2cncc(-c3c(C)cccc3C)c2)c(=O)c1. The Bertz CT molecular complexity index is 1260. The van der Waals surface area contributed by atoms with Crippen molar-refractivity contribution in [3.05, 3.63) is 87.6 Å². The summed E-state index contributed by atoms with van der Waals surface area (Å²) in [6.45, 7) is 9.81. The van der Waals surface area contributed by atoms with Crippen molar-refractivity contribution in [3.63, 3.8) is 0 Å². The van der Waals surface area contributed by atoms with Crippen molar-refractivity contribution in [2.45, 2.75) is 59.5 Å². The largest absolute Gasteiger partial charge is 0.481 e. The summed E-state index contributed by atoms with van der Waals surface area (Å²) in [6.07, 6.45) is 5.09. The van der Waals surface area contributed by atoms with E-state index in [1.54, 1.807) is 24.7 Å². The van der Waals surface area contributed by atoms with Gasteiger partial charge in [-0.3, -0.25) is 19.4 Å². The van der Waals surface area contributed by atoms with Gasteiger partial charge >= 0.3 is 5.97 Å².